The van der Waals surface area contributed by atoms with E-state index in [1.165, 1.54) is 6.08 Å². The fourth-order valence-electron chi connectivity index (χ4n) is 2.05. The van der Waals surface area contributed by atoms with Crippen molar-refractivity contribution >= 4 is 0 Å². The first-order valence-electron chi connectivity index (χ1n) is 6.74. The van der Waals surface area contributed by atoms with Gasteiger partial charge in [-0.2, -0.15) is 0 Å². The Morgan fingerprint density at radius 2 is 1.89 bits per heavy atom. The molecule has 2 N–H and O–H groups in total. The second-order valence-electron chi connectivity index (χ2n) is 4.82. The maximum Gasteiger partial charge on any atom is 0.0983 e. The molecule has 3 heteroatoms. The summed E-state index contributed by atoms with van der Waals surface area (Å²) in [6.45, 7) is 7.80. The summed E-state index contributed by atoms with van der Waals surface area (Å²) < 4.78 is 5.78. The molecule has 19 heavy (non-hydrogen) atoms. The van der Waals surface area contributed by atoms with Crippen molar-refractivity contribution in [1.29, 1.82) is 0 Å². The van der Waals surface area contributed by atoms with Crippen molar-refractivity contribution in [3.05, 3.63) is 48.6 Å². The molecule has 0 fully saturated rings. The van der Waals surface area contributed by atoms with E-state index < -0.39 is 18.3 Å². The van der Waals surface area contributed by atoms with Crippen molar-refractivity contribution in [2.75, 3.05) is 0 Å². The highest BCUT2D eigenvalue weighted by atomic mass is 16.5. The van der Waals surface area contributed by atoms with E-state index in [2.05, 4.69) is 6.58 Å². The van der Waals surface area contributed by atoms with E-state index >= 15 is 0 Å². The predicted molar refractivity (Wildman–Crippen MR) is 76.7 cm³/mol. The molecule has 1 aromatic carbocycles. The summed E-state index contributed by atoms with van der Waals surface area (Å²) in [7, 11) is 0. The first-order chi connectivity index (χ1) is 9.10. The summed E-state index contributed by atoms with van der Waals surface area (Å²) in [5.74, 6) is -0.151. The topological polar surface area (TPSA) is 49.7 Å². The maximum absolute atomic E-state index is 9.96. The monoisotopic (exact) mass is 264 g/mol. The number of rotatable bonds is 8. The largest absolute Gasteiger partial charge is 0.393 e. The number of aliphatic hydroxyl groups excluding tert-OH is 2. The van der Waals surface area contributed by atoms with Gasteiger partial charge in [0, 0.05) is 5.92 Å². The molecule has 1 rings (SSSR count). The normalized spacial score (nSPS) is 17.5. The Labute approximate surface area is 115 Å². The van der Waals surface area contributed by atoms with Gasteiger partial charge < -0.3 is 14.9 Å². The van der Waals surface area contributed by atoms with Gasteiger partial charge in [-0.15, -0.1) is 6.58 Å². The number of aliphatic hydroxyl groups is 2. The van der Waals surface area contributed by atoms with Crippen LogP contribution in [0.5, 0.6) is 0 Å². The lowest BCUT2D eigenvalue weighted by molar-refractivity contribution is -0.0852. The molecule has 106 valence electrons. The minimum Gasteiger partial charge on any atom is -0.393 e. The van der Waals surface area contributed by atoms with Gasteiger partial charge in [-0.25, -0.2) is 0 Å². The summed E-state index contributed by atoms with van der Waals surface area (Å²) >= 11 is 0. The molecule has 0 amide bonds. The highest BCUT2D eigenvalue weighted by Gasteiger charge is 2.28. The van der Waals surface area contributed by atoms with Crippen molar-refractivity contribution in [3.8, 4) is 0 Å². The first-order valence-corrected chi connectivity index (χ1v) is 6.74. The van der Waals surface area contributed by atoms with Crippen LogP contribution in [0.15, 0.2) is 43.0 Å². The molecule has 0 aromatic heterocycles. The zero-order valence-corrected chi connectivity index (χ0v) is 11.7. The maximum atomic E-state index is 9.96. The molecule has 1 aromatic rings. The Morgan fingerprint density at radius 3 is 2.42 bits per heavy atom. The van der Waals surface area contributed by atoms with E-state index in [-0.39, 0.29) is 5.92 Å². The van der Waals surface area contributed by atoms with Crippen LogP contribution in [0.4, 0.5) is 0 Å². The van der Waals surface area contributed by atoms with Gasteiger partial charge in [0.25, 0.3) is 0 Å². The third-order valence-corrected chi connectivity index (χ3v) is 3.41. The predicted octanol–water partition coefficient (Wildman–Crippen LogP) is 2.53. The van der Waals surface area contributed by atoms with E-state index in [1.54, 1.807) is 0 Å². The molecular formula is C16H24O3. The molecule has 0 aliphatic rings. The molecule has 0 aliphatic heterocycles. The standard InChI is InChI=1S/C16H24O3/c1-4-14(17)12(3)16(15(18)5-2)19-11-13-9-7-6-8-10-13/h5-10,12,14-18H,2,4,11H2,1,3H3/t12-,14-,15+,16+/m1/s1. The Hall–Kier alpha value is -1.16. The zero-order valence-electron chi connectivity index (χ0n) is 11.7. The molecule has 4 atom stereocenters. The molecule has 0 unspecified atom stereocenters. The molecule has 3 nitrogen and oxygen atoms in total. The smallest absolute Gasteiger partial charge is 0.0983 e. The fourth-order valence-corrected chi connectivity index (χ4v) is 2.05. The number of hydrogen-bond donors (Lipinski definition) is 2. The number of hydrogen-bond acceptors (Lipinski definition) is 3. The lowest BCUT2D eigenvalue weighted by Crippen LogP contribution is -2.39. The van der Waals surface area contributed by atoms with Gasteiger partial charge in [0.2, 0.25) is 0 Å². The van der Waals surface area contributed by atoms with Gasteiger partial charge in [-0.05, 0) is 12.0 Å². The minimum absolute atomic E-state index is 0.151. The lowest BCUT2D eigenvalue weighted by Gasteiger charge is -2.30. The van der Waals surface area contributed by atoms with Crippen LogP contribution < -0.4 is 0 Å². The van der Waals surface area contributed by atoms with Crippen LogP contribution in [-0.2, 0) is 11.3 Å². The van der Waals surface area contributed by atoms with Gasteiger partial charge in [-0.1, -0.05) is 50.3 Å². The molecule has 0 saturated heterocycles. The van der Waals surface area contributed by atoms with Crippen LogP contribution in [0.25, 0.3) is 0 Å². The number of ether oxygens (including phenoxy) is 1. The molecule has 0 aliphatic carbocycles. The summed E-state index contributed by atoms with van der Waals surface area (Å²) in [5, 5.41) is 19.9. The molecule has 0 radical (unpaired) electrons. The third-order valence-electron chi connectivity index (χ3n) is 3.41. The van der Waals surface area contributed by atoms with Gasteiger partial charge in [0.05, 0.1) is 24.9 Å². The fraction of sp³-hybridized carbons (Fsp3) is 0.500. The average molecular weight is 264 g/mol. The summed E-state index contributed by atoms with van der Waals surface area (Å²) in [5.41, 5.74) is 1.04. The molecule has 0 heterocycles. The van der Waals surface area contributed by atoms with Crippen LogP contribution in [0, 0.1) is 5.92 Å². The zero-order chi connectivity index (χ0) is 14.3. The molecule has 0 spiro atoms. The SMILES string of the molecule is C=C[C@H](O)[C@@H](OCc1ccccc1)[C@H](C)[C@H](O)CC. The van der Waals surface area contributed by atoms with E-state index in [1.807, 2.05) is 44.2 Å². The van der Waals surface area contributed by atoms with Gasteiger partial charge in [-0.3, -0.25) is 0 Å². The van der Waals surface area contributed by atoms with Crippen LogP contribution >= 0.6 is 0 Å². The number of benzene rings is 1. The van der Waals surface area contributed by atoms with Crippen molar-refractivity contribution in [3.63, 3.8) is 0 Å². The lowest BCUT2D eigenvalue weighted by atomic mass is 9.92. The van der Waals surface area contributed by atoms with Crippen molar-refractivity contribution in [2.24, 2.45) is 5.92 Å². The van der Waals surface area contributed by atoms with Crippen LogP contribution in [0.3, 0.4) is 0 Å². The van der Waals surface area contributed by atoms with Crippen molar-refractivity contribution < 1.29 is 14.9 Å². The van der Waals surface area contributed by atoms with Crippen LogP contribution in [0.1, 0.15) is 25.8 Å². The quantitative estimate of drug-likeness (QED) is 0.709. The van der Waals surface area contributed by atoms with Crippen molar-refractivity contribution in [1.82, 2.24) is 0 Å². The Balaban J connectivity index is 2.67. The Kier molecular flexibility index (Phi) is 6.78. The van der Waals surface area contributed by atoms with Crippen LogP contribution in [0.2, 0.25) is 0 Å². The van der Waals surface area contributed by atoms with E-state index in [9.17, 15) is 10.2 Å². The summed E-state index contributed by atoms with van der Waals surface area (Å²) in [6, 6.07) is 9.78. The van der Waals surface area contributed by atoms with Gasteiger partial charge >= 0.3 is 0 Å². The minimum atomic E-state index is -0.778. The molecule has 0 bridgehead atoms. The summed E-state index contributed by atoms with van der Waals surface area (Å²) in [4.78, 5) is 0. The van der Waals surface area contributed by atoms with E-state index in [0.717, 1.165) is 5.56 Å². The summed E-state index contributed by atoms with van der Waals surface area (Å²) in [6.07, 6.45) is 0.369. The van der Waals surface area contributed by atoms with E-state index in [4.69, 9.17) is 4.74 Å². The molecule has 0 saturated carbocycles. The van der Waals surface area contributed by atoms with E-state index in [0.29, 0.717) is 13.0 Å². The van der Waals surface area contributed by atoms with Crippen molar-refractivity contribution in [2.45, 2.75) is 45.2 Å². The highest BCUT2D eigenvalue weighted by molar-refractivity contribution is 5.13. The Bertz CT molecular complexity index is 364. The Morgan fingerprint density at radius 1 is 1.26 bits per heavy atom. The van der Waals surface area contributed by atoms with Gasteiger partial charge in [0.15, 0.2) is 0 Å². The molecular weight excluding hydrogens is 240 g/mol. The first kappa shape index (κ1) is 15.9. The second-order valence-corrected chi connectivity index (χ2v) is 4.82. The second kappa shape index (κ2) is 8.10. The average Bonchev–Trinajstić information content (AvgIpc) is 2.47. The third kappa shape index (κ3) is 4.78. The van der Waals surface area contributed by atoms with Crippen LogP contribution in [-0.4, -0.2) is 28.5 Å². The van der Waals surface area contributed by atoms with Gasteiger partial charge in [0.1, 0.15) is 0 Å². The highest BCUT2D eigenvalue weighted by Crippen LogP contribution is 2.20.